The Morgan fingerprint density at radius 2 is 2.22 bits per heavy atom. The lowest BCUT2D eigenvalue weighted by Crippen LogP contribution is -2.07. The molecular weight excluding hydrogens is 255 g/mol. The average Bonchev–Trinajstić information content (AvgIpc) is 2.85. The maximum atomic E-state index is 13.6. The number of nitro groups is 1. The molecule has 0 radical (unpaired) electrons. The highest BCUT2D eigenvalue weighted by Crippen LogP contribution is 2.26. The summed E-state index contributed by atoms with van der Waals surface area (Å²) in [5, 5.41) is 17.5. The van der Waals surface area contributed by atoms with E-state index in [-0.39, 0.29) is 17.4 Å². The summed E-state index contributed by atoms with van der Waals surface area (Å²) < 4.78 is 13.6. The number of hydrogen-bond donors (Lipinski definition) is 1. The molecule has 0 aliphatic carbocycles. The van der Waals surface area contributed by atoms with Gasteiger partial charge in [0.2, 0.25) is 0 Å². The lowest BCUT2D eigenvalue weighted by atomic mass is 10.1. The SMILES string of the molecule is CC(Nc1cc([N+](=O)[O-])ccc1F)c1ccsc1. The van der Waals surface area contributed by atoms with Gasteiger partial charge in [-0.2, -0.15) is 11.3 Å². The Morgan fingerprint density at radius 1 is 1.44 bits per heavy atom. The summed E-state index contributed by atoms with van der Waals surface area (Å²) in [6.07, 6.45) is 0. The Bertz CT molecular complexity index is 557. The number of rotatable bonds is 4. The molecule has 2 rings (SSSR count). The van der Waals surface area contributed by atoms with E-state index in [4.69, 9.17) is 0 Å². The van der Waals surface area contributed by atoms with Crippen LogP contribution in [0.1, 0.15) is 18.5 Å². The first-order valence-corrected chi connectivity index (χ1v) is 6.25. The van der Waals surface area contributed by atoms with Gasteiger partial charge in [0.25, 0.3) is 5.69 Å². The molecule has 0 aliphatic rings. The normalized spacial score (nSPS) is 12.1. The molecule has 94 valence electrons. The van der Waals surface area contributed by atoms with E-state index in [0.717, 1.165) is 17.7 Å². The van der Waals surface area contributed by atoms with Crippen LogP contribution in [-0.2, 0) is 0 Å². The van der Waals surface area contributed by atoms with E-state index in [2.05, 4.69) is 5.32 Å². The molecule has 1 heterocycles. The lowest BCUT2D eigenvalue weighted by molar-refractivity contribution is -0.384. The number of nitrogens with one attached hydrogen (secondary N) is 1. The second-order valence-corrected chi connectivity index (χ2v) is 4.62. The second kappa shape index (κ2) is 5.14. The highest BCUT2D eigenvalue weighted by atomic mass is 32.1. The average molecular weight is 266 g/mol. The van der Waals surface area contributed by atoms with Crippen LogP contribution in [0, 0.1) is 15.9 Å². The van der Waals surface area contributed by atoms with Crippen molar-refractivity contribution in [2.75, 3.05) is 5.32 Å². The highest BCUT2D eigenvalue weighted by molar-refractivity contribution is 7.07. The fourth-order valence-electron chi connectivity index (χ4n) is 1.58. The molecule has 1 atom stereocenters. The molecule has 6 heteroatoms. The van der Waals surface area contributed by atoms with Crippen LogP contribution in [0.5, 0.6) is 0 Å². The third kappa shape index (κ3) is 2.65. The molecule has 0 saturated heterocycles. The van der Waals surface area contributed by atoms with Gasteiger partial charge in [-0.1, -0.05) is 0 Å². The van der Waals surface area contributed by atoms with Crippen LogP contribution < -0.4 is 5.32 Å². The van der Waals surface area contributed by atoms with E-state index in [1.807, 2.05) is 23.8 Å². The Labute approximate surface area is 107 Å². The zero-order valence-corrected chi connectivity index (χ0v) is 10.4. The summed E-state index contributed by atoms with van der Waals surface area (Å²) in [6.45, 7) is 1.88. The molecule has 4 nitrogen and oxygen atoms in total. The smallest absolute Gasteiger partial charge is 0.271 e. The first-order chi connectivity index (χ1) is 8.58. The number of nitro benzene ring substituents is 1. The lowest BCUT2D eigenvalue weighted by Gasteiger charge is -2.14. The van der Waals surface area contributed by atoms with Crippen LogP contribution >= 0.6 is 11.3 Å². The van der Waals surface area contributed by atoms with E-state index in [9.17, 15) is 14.5 Å². The van der Waals surface area contributed by atoms with Crippen molar-refractivity contribution in [3.8, 4) is 0 Å². The highest BCUT2D eigenvalue weighted by Gasteiger charge is 2.13. The minimum Gasteiger partial charge on any atom is -0.376 e. The molecule has 1 aromatic carbocycles. The molecular formula is C12H11FN2O2S. The fraction of sp³-hybridized carbons (Fsp3) is 0.167. The molecule has 0 bridgehead atoms. The van der Waals surface area contributed by atoms with Crippen molar-refractivity contribution < 1.29 is 9.31 Å². The van der Waals surface area contributed by atoms with Crippen molar-refractivity contribution in [2.45, 2.75) is 13.0 Å². The second-order valence-electron chi connectivity index (χ2n) is 3.84. The van der Waals surface area contributed by atoms with Crippen molar-refractivity contribution in [1.82, 2.24) is 0 Å². The van der Waals surface area contributed by atoms with Crippen LogP contribution in [0.25, 0.3) is 0 Å². The first-order valence-electron chi connectivity index (χ1n) is 5.30. The topological polar surface area (TPSA) is 55.2 Å². The number of non-ortho nitro benzene ring substituents is 1. The number of anilines is 1. The number of thiophene rings is 1. The van der Waals surface area contributed by atoms with E-state index < -0.39 is 10.7 Å². The quantitative estimate of drug-likeness (QED) is 0.673. The largest absolute Gasteiger partial charge is 0.376 e. The Morgan fingerprint density at radius 3 is 2.83 bits per heavy atom. The van der Waals surface area contributed by atoms with Gasteiger partial charge in [-0.05, 0) is 35.4 Å². The van der Waals surface area contributed by atoms with Gasteiger partial charge < -0.3 is 5.32 Å². The van der Waals surface area contributed by atoms with Gasteiger partial charge in [-0.15, -0.1) is 0 Å². The molecule has 1 unspecified atom stereocenters. The van der Waals surface area contributed by atoms with Crippen LogP contribution in [0.2, 0.25) is 0 Å². The van der Waals surface area contributed by atoms with Gasteiger partial charge >= 0.3 is 0 Å². The van der Waals surface area contributed by atoms with Crippen LogP contribution in [0.4, 0.5) is 15.8 Å². The van der Waals surface area contributed by atoms with E-state index >= 15 is 0 Å². The minimum absolute atomic E-state index is 0.104. The molecule has 0 fully saturated rings. The Balaban J connectivity index is 2.23. The van der Waals surface area contributed by atoms with E-state index in [1.54, 1.807) is 11.3 Å². The molecule has 1 aromatic heterocycles. The summed E-state index contributed by atoms with van der Waals surface area (Å²) in [6, 6.07) is 5.28. The third-order valence-corrected chi connectivity index (χ3v) is 3.28. The van der Waals surface area contributed by atoms with Crippen molar-refractivity contribution in [3.05, 3.63) is 56.5 Å². The minimum atomic E-state index is -0.542. The van der Waals surface area contributed by atoms with Gasteiger partial charge in [-0.25, -0.2) is 4.39 Å². The first kappa shape index (κ1) is 12.5. The van der Waals surface area contributed by atoms with Crippen molar-refractivity contribution in [2.24, 2.45) is 0 Å². The van der Waals surface area contributed by atoms with Crippen LogP contribution in [-0.4, -0.2) is 4.92 Å². The predicted molar refractivity (Wildman–Crippen MR) is 69.4 cm³/mol. The molecule has 1 N–H and O–H groups in total. The van der Waals surface area contributed by atoms with Gasteiger partial charge in [0.1, 0.15) is 5.82 Å². The zero-order valence-electron chi connectivity index (χ0n) is 9.59. The van der Waals surface area contributed by atoms with Crippen LogP contribution in [0.3, 0.4) is 0 Å². The zero-order chi connectivity index (χ0) is 13.1. The molecule has 0 saturated carbocycles. The Kier molecular flexibility index (Phi) is 3.57. The summed E-state index contributed by atoms with van der Waals surface area (Å²) in [5.74, 6) is -0.498. The third-order valence-electron chi connectivity index (χ3n) is 2.58. The standard InChI is InChI=1S/C12H11FN2O2S/c1-8(9-4-5-18-7-9)14-12-6-10(15(16)17)2-3-11(12)13/h2-8,14H,1H3. The van der Waals surface area contributed by atoms with Gasteiger partial charge in [0.05, 0.1) is 10.6 Å². The van der Waals surface area contributed by atoms with Crippen molar-refractivity contribution in [1.29, 1.82) is 0 Å². The summed E-state index contributed by atoms with van der Waals surface area (Å²) in [7, 11) is 0. The number of benzene rings is 1. The maximum Gasteiger partial charge on any atom is 0.271 e. The molecule has 2 aromatic rings. The van der Waals surface area contributed by atoms with Gasteiger partial charge in [0, 0.05) is 18.2 Å². The van der Waals surface area contributed by atoms with E-state index in [1.165, 1.54) is 6.07 Å². The van der Waals surface area contributed by atoms with Crippen molar-refractivity contribution in [3.63, 3.8) is 0 Å². The van der Waals surface area contributed by atoms with Crippen LogP contribution in [0.15, 0.2) is 35.0 Å². The van der Waals surface area contributed by atoms with Gasteiger partial charge in [0.15, 0.2) is 0 Å². The number of hydrogen-bond acceptors (Lipinski definition) is 4. The molecule has 0 aliphatic heterocycles. The van der Waals surface area contributed by atoms with Crippen molar-refractivity contribution >= 4 is 22.7 Å². The molecule has 18 heavy (non-hydrogen) atoms. The number of nitrogens with zero attached hydrogens (tertiary/aromatic N) is 1. The molecule has 0 spiro atoms. The summed E-state index contributed by atoms with van der Waals surface area (Å²) >= 11 is 1.55. The molecule has 0 amide bonds. The fourth-order valence-corrected chi connectivity index (χ4v) is 2.33. The maximum absolute atomic E-state index is 13.6. The van der Waals surface area contributed by atoms with Gasteiger partial charge in [-0.3, -0.25) is 10.1 Å². The summed E-state index contributed by atoms with van der Waals surface area (Å²) in [5.41, 5.74) is 1.03. The Hall–Kier alpha value is -1.95. The number of halogens is 1. The monoisotopic (exact) mass is 266 g/mol. The predicted octanol–water partition coefficient (Wildman–Crippen LogP) is 3.97. The summed E-state index contributed by atoms with van der Waals surface area (Å²) in [4.78, 5) is 10.1. The van der Waals surface area contributed by atoms with E-state index in [0.29, 0.717) is 0 Å².